The van der Waals surface area contributed by atoms with Crippen LogP contribution in [0, 0.1) is 0 Å². The van der Waals surface area contributed by atoms with E-state index < -0.39 is 0 Å². The fourth-order valence-electron chi connectivity index (χ4n) is 1.54. The molecule has 4 nitrogen and oxygen atoms in total. The first-order valence-corrected chi connectivity index (χ1v) is 6.07. The van der Waals surface area contributed by atoms with E-state index >= 15 is 0 Å². The number of hydrogen-bond donors (Lipinski definition) is 3. The summed E-state index contributed by atoms with van der Waals surface area (Å²) in [6.07, 6.45) is 0. The number of thiophene rings is 1. The summed E-state index contributed by atoms with van der Waals surface area (Å²) in [7, 11) is 0. The Morgan fingerprint density at radius 1 is 1.35 bits per heavy atom. The second kappa shape index (κ2) is 5.36. The Morgan fingerprint density at radius 3 is 2.88 bits per heavy atom. The summed E-state index contributed by atoms with van der Waals surface area (Å²) in [5, 5.41) is 19.1. The Kier molecular flexibility index (Phi) is 3.62. The van der Waals surface area contributed by atoms with Gasteiger partial charge in [-0.25, -0.2) is 0 Å². The summed E-state index contributed by atoms with van der Waals surface area (Å²) >= 11 is 1.64. The first-order valence-electron chi connectivity index (χ1n) is 5.13. The van der Waals surface area contributed by atoms with Crippen LogP contribution in [0.3, 0.4) is 0 Å². The zero-order valence-corrected chi connectivity index (χ0v) is 9.95. The highest BCUT2D eigenvalue weighted by Gasteiger charge is 2.05. The number of amidine groups is 1. The summed E-state index contributed by atoms with van der Waals surface area (Å²) in [4.78, 5) is 0. The summed E-state index contributed by atoms with van der Waals surface area (Å²) in [6.45, 7) is 0.642. The largest absolute Gasteiger partial charge is 0.409 e. The van der Waals surface area contributed by atoms with E-state index in [1.807, 2.05) is 41.1 Å². The Hall–Kier alpha value is -2.01. The lowest BCUT2D eigenvalue weighted by molar-refractivity contribution is 0.318. The number of benzene rings is 1. The lowest BCUT2D eigenvalue weighted by atomic mass is 10.1. The van der Waals surface area contributed by atoms with Crippen LogP contribution in [0.5, 0.6) is 0 Å². The van der Waals surface area contributed by atoms with Crippen LogP contribution in [0.2, 0.25) is 0 Å². The number of hydrogen-bond acceptors (Lipinski definition) is 4. The molecule has 0 spiro atoms. The summed E-state index contributed by atoms with van der Waals surface area (Å²) in [5.41, 5.74) is 8.43. The molecule has 1 heterocycles. The molecule has 0 saturated carbocycles. The maximum Gasteiger partial charge on any atom is 0.170 e. The molecule has 0 amide bonds. The van der Waals surface area contributed by atoms with Crippen LogP contribution in [0.1, 0.15) is 11.1 Å². The smallest absolute Gasteiger partial charge is 0.170 e. The number of oxime groups is 1. The van der Waals surface area contributed by atoms with Crippen molar-refractivity contribution >= 4 is 22.9 Å². The Morgan fingerprint density at radius 2 is 2.18 bits per heavy atom. The number of nitrogens with two attached hydrogens (primary N) is 1. The Labute approximate surface area is 103 Å². The van der Waals surface area contributed by atoms with Crippen molar-refractivity contribution in [2.24, 2.45) is 10.9 Å². The molecular weight excluding hydrogens is 234 g/mol. The predicted molar refractivity (Wildman–Crippen MR) is 70.6 cm³/mol. The maximum absolute atomic E-state index is 8.71. The van der Waals surface area contributed by atoms with Crippen molar-refractivity contribution in [3.8, 4) is 0 Å². The number of nitrogens with zero attached hydrogens (tertiary/aromatic N) is 1. The molecule has 0 aliphatic heterocycles. The topological polar surface area (TPSA) is 70.6 Å². The SMILES string of the molecule is NC(=NO)c1ccccc1CNc1ccsc1. The third-order valence-corrected chi connectivity index (χ3v) is 3.09. The molecule has 1 aromatic carbocycles. The van der Waals surface area contributed by atoms with E-state index in [-0.39, 0.29) is 5.84 Å². The van der Waals surface area contributed by atoms with Gasteiger partial charge in [0.2, 0.25) is 0 Å². The highest BCUT2D eigenvalue weighted by atomic mass is 32.1. The minimum Gasteiger partial charge on any atom is -0.409 e. The molecule has 0 bridgehead atoms. The van der Waals surface area contributed by atoms with Crippen LogP contribution in [0.4, 0.5) is 5.69 Å². The van der Waals surface area contributed by atoms with E-state index in [1.54, 1.807) is 11.3 Å². The molecule has 0 radical (unpaired) electrons. The standard InChI is InChI=1S/C12H13N3OS/c13-12(15-16)11-4-2-1-3-9(11)7-14-10-5-6-17-8-10/h1-6,8,14,16H,7H2,(H2,13,15). The molecule has 2 aromatic rings. The van der Waals surface area contributed by atoms with Crippen molar-refractivity contribution in [2.45, 2.75) is 6.54 Å². The van der Waals surface area contributed by atoms with Gasteiger partial charge in [0.15, 0.2) is 5.84 Å². The van der Waals surface area contributed by atoms with Gasteiger partial charge in [-0.2, -0.15) is 11.3 Å². The Bertz CT molecular complexity index is 508. The maximum atomic E-state index is 8.71. The quantitative estimate of drug-likeness (QED) is 0.336. The van der Waals surface area contributed by atoms with E-state index in [4.69, 9.17) is 10.9 Å². The predicted octanol–water partition coefficient (Wildman–Crippen LogP) is 2.45. The highest BCUT2D eigenvalue weighted by molar-refractivity contribution is 7.08. The molecule has 4 N–H and O–H groups in total. The Balaban J connectivity index is 2.15. The molecule has 0 unspecified atom stereocenters. The second-order valence-electron chi connectivity index (χ2n) is 3.51. The second-order valence-corrected chi connectivity index (χ2v) is 4.29. The van der Waals surface area contributed by atoms with Crippen molar-refractivity contribution in [2.75, 3.05) is 5.32 Å². The molecular formula is C12H13N3OS. The monoisotopic (exact) mass is 247 g/mol. The first kappa shape index (κ1) is 11.5. The molecule has 17 heavy (non-hydrogen) atoms. The van der Waals surface area contributed by atoms with Crippen LogP contribution in [-0.4, -0.2) is 11.0 Å². The fraction of sp³-hybridized carbons (Fsp3) is 0.0833. The van der Waals surface area contributed by atoms with Gasteiger partial charge in [0.1, 0.15) is 0 Å². The normalized spacial score (nSPS) is 11.4. The lowest BCUT2D eigenvalue weighted by Gasteiger charge is -2.09. The molecule has 2 rings (SSSR count). The lowest BCUT2D eigenvalue weighted by Crippen LogP contribution is -2.16. The molecule has 0 atom stereocenters. The van der Waals surface area contributed by atoms with Gasteiger partial charge in [0, 0.05) is 23.2 Å². The van der Waals surface area contributed by atoms with Gasteiger partial charge in [0.05, 0.1) is 0 Å². The fourth-order valence-corrected chi connectivity index (χ4v) is 2.15. The average Bonchev–Trinajstić information content (AvgIpc) is 2.89. The van der Waals surface area contributed by atoms with Crippen LogP contribution < -0.4 is 11.1 Å². The van der Waals surface area contributed by atoms with E-state index in [9.17, 15) is 0 Å². The average molecular weight is 247 g/mol. The number of rotatable bonds is 4. The molecule has 1 aromatic heterocycles. The van der Waals surface area contributed by atoms with Crippen LogP contribution in [0.15, 0.2) is 46.2 Å². The van der Waals surface area contributed by atoms with Crippen LogP contribution in [0.25, 0.3) is 0 Å². The summed E-state index contributed by atoms with van der Waals surface area (Å²) < 4.78 is 0. The van der Waals surface area contributed by atoms with Crippen molar-refractivity contribution < 1.29 is 5.21 Å². The van der Waals surface area contributed by atoms with E-state index in [0.717, 1.165) is 16.8 Å². The first-order chi connectivity index (χ1) is 8.31. The zero-order valence-electron chi connectivity index (χ0n) is 9.13. The van der Waals surface area contributed by atoms with E-state index in [1.165, 1.54) is 0 Å². The van der Waals surface area contributed by atoms with Gasteiger partial charge in [0.25, 0.3) is 0 Å². The molecule has 88 valence electrons. The molecule has 0 fully saturated rings. The van der Waals surface area contributed by atoms with Crippen LogP contribution >= 0.6 is 11.3 Å². The summed E-state index contributed by atoms with van der Waals surface area (Å²) in [6, 6.07) is 9.59. The van der Waals surface area contributed by atoms with Crippen molar-refractivity contribution in [3.05, 3.63) is 52.2 Å². The van der Waals surface area contributed by atoms with Gasteiger partial charge in [-0.15, -0.1) is 0 Å². The third kappa shape index (κ3) is 2.76. The zero-order chi connectivity index (χ0) is 12.1. The molecule has 0 saturated heterocycles. The summed E-state index contributed by atoms with van der Waals surface area (Å²) in [5.74, 6) is 0.132. The third-order valence-electron chi connectivity index (χ3n) is 2.41. The molecule has 0 aliphatic rings. The minimum atomic E-state index is 0.132. The number of nitrogens with one attached hydrogen (secondary N) is 1. The molecule has 5 heteroatoms. The van der Waals surface area contributed by atoms with E-state index in [0.29, 0.717) is 6.54 Å². The minimum absolute atomic E-state index is 0.132. The van der Waals surface area contributed by atoms with Gasteiger partial charge < -0.3 is 16.3 Å². The van der Waals surface area contributed by atoms with Crippen molar-refractivity contribution in [3.63, 3.8) is 0 Å². The van der Waals surface area contributed by atoms with E-state index in [2.05, 4.69) is 10.5 Å². The van der Waals surface area contributed by atoms with Gasteiger partial charge in [-0.05, 0) is 17.0 Å². The molecule has 0 aliphatic carbocycles. The van der Waals surface area contributed by atoms with Crippen molar-refractivity contribution in [1.29, 1.82) is 0 Å². The van der Waals surface area contributed by atoms with Gasteiger partial charge >= 0.3 is 0 Å². The van der Waals surface area contributed by atoms with Crippen molar-refractivity contribution in [1.82, 2.24) is 0 Å². The van der Waals surface area contributed by atoms with Crippen LogP contribution in [-0.2, 0) is 6.54 Å². The van der Waals surface area contributed by atoms with Gasteiger partial charge in [-0.3, -0.25) is 0 Å². The van der Waals surface area contributed by atoms with Gasteiger partial charge in [-0.1, -0.05) is 29.4 Å². The highest BCUT2D eigenvalue weighted by Crippen LogP contribution is 2.15. The number of anilines is 1.